The Hall–Kier alpha value is -0.410. The lowest BCUT2D eigenvalue weighted by molar-refractivity contribution is 0.337. The summed E-state index contributed by atoms with van der Waals surface area (Å²) in [4.78, 5) is 4.45. The van der Waals surface area contributed by atoms with Crippen LogP contribution < -0.4 is 5.32 Å². The molecule has 84 valence electrons. The van der Waals surface area contributed by atoms with Crippen LogP contribution in [-0.4, -0.2) is 12.0 Å². The van der Waals surface area contributed by atoms with Crippen LogP contribution in [0.25, 0.3) is 0 Å². The number of hydrogen-bond donors (Lipinski definition) is 1. The van der Waals surface area contributed by atoms with E-state index in [1.54, 1.807) is 11.3 Å². The summed E-state index contributed by atoms with van der Waals surface area (Å²) in [7, 11) is 2.06. The SMILES string of the molecule is CNC(c1cscn1)C1CCCCCC1. The summed E-state index contributed by atoms with van der Waals surface area (Å²) in [6, 6.07) is 0.481. The van der Waals surface area contributed by atoms with Gasteiger partial charge in [0.05, 0.1) is 17.2 Å². The van der Waals surface area contributed by atoms with Crippen LogP contribution >= 0.6 is 11.3 Å². The summed E-state index contributed by atoms with van der Waals surface area (Å²) < 4.78 is 0. The standard InChI is InChI=1S/C12H20N2S/c1-13-12(11-8-15-9-14-11)10-6-4-2-3-5-7-10/h8-10,12-13H,2-7H2,1H3. The second-order valence-electron chi connectivity index (χ2n) is 4.43. The van der Waals surface area contributed by atoms with Gasteiger partial charge in [0.1, 0.15) is 0 Å². The van der Waals surface area contributed by atoms with E-state index in [0.717, 1.165) is 5.92 Å². The molecule has 1 unspecified atom stereocenters. The number of nitrogens with zero attached hydrogens (tertiary/aromatic N) is 1. The van der Waals surface area contributed by atoms with E-state index in [4.69, 9.17) is 0 Å². The fourth-order valence-corrected chi connectivity index (χ4v) is 3.24. The average Bonchev–Trinajstić information content (AvgIpc) is 2.63. The highest BCUT2D eigenvalue weighted by molar-refractivity contribution is 7.07. The predicted octanol–water partition coefficient (Wildman–Crippen LogP) is 3.37. The van der Waals surface area contributed by atoms with Gasteiger partial charge in [-0.3, -0.25) is 0 Å². The van der Waals surface area contributed by atoms with Crippen LogP contribution in [0.2, 0.25) is 0 Å². The highest BCUT2D eigenvalue weighted by Gasteiger charge is 2.23. The van der Waals surface area contributed by atoms with Crippen molar-refractivity contribution in [2.75, 3.05) is 7.05 Å². The van der Waals surface area contributed by atoms with Gasteiger partial charge in [-0.05, 0) is 25.8 Å². The molecule has 0 amide bonds. The van der Waals surface area contributed by atoms with Gasteiger partial charge in [0.25, 0.3) is 0 Å². The Labute approximate surface area is 96.1 Å². The Morgan fingerprint density at radius 3 is 2.60 bits per heavy atom. The lowest BCUT2D eigenvalue weighted by Gasteiger charge is -2.24. The Morgan fingerprint density at radius 2 is 2.07 bits per heavy atom. The minimum atomic E-state index is 0.481. The Kier molecular flexibility index (Phi) is 4.15. The Morgan fingerprint density at radius 1 is 1.33 bits per heavy atom. The largest absolute Gasteiger partial charge is 0.311 e. The first-order valence-corrected chi connectivity index (χ1v) is 6.91. The van der Waals surface area contributed by atoms with E-state index < -0.39 is 0 Å². The molecule has 0 spiro atoms. The minimum absolute atomic E-state index is 0.481. The molecule has 2 nitrogen and oxygen atoms in total. The molecule has 1 aromatic heterocycles. The maximum atomic E-state index is 4.45. The van der Waals surface area contributed by atoms with Crippen molar-refractivity contribution in [2.24, 2.45) is 5.92 Å². The molecule has 1 fully saturated rings. The van der Waals surface area contributed by atoms with Crippen molar-refractivity contribution in [1.82, 2.24) is 10.3 Å². The van der Waals surface area contributed by atoms with Gasteiger partial charge in [0.15, 0.2) is 0 Å². The molecule has 1 heterocycles. The second kappa shape index (κ2) is 5.61. The third-order valence-corrected chi connectivity index (χ3v) is 4.06. The molecule has 0 bridgehead atoms. The molecule has 0 aromatic carbocycles. The van der Waals surface area contributed by atoms with Crippen LogP contribution in [-0.2, 0) is 0 Å². The summed E-state index contributed by atoms with van der Waals surface area (Å²) in [6.07, 6.45) is 8.36. The van der Waals surface area contributed by atoms with Crippen molar-refractivity contribution in [2.45, 2.75) is 44.6 Å². The van der Waals surface area contributed by atoms with Crippen molar-refractivity contribution < 1.29 is 0 Å². The van der Waals surface area contributed by atoms with E-state index in [1.807, 2.05) is 5.51 Å². The molecule has 1 saturated carbocycles. The van der Waals surface area contributed by atoms with Gasteiger partial charge < -0.3 is 5.32 Å². The first-order chi connectivity index (χ1) is 7.42. The highest BCUT2D eigenvalue weighted by atomic mass is 32.1. The first-order valence-electron chi connectivity index (χ1n) is 5.97. The maximum Gasteiger partial charge on any atom is 0.0795 e. The number of aromatic nitrogens is 1. The molecule has 1 aromatic rings. The number of hydrogen-bond acceptors (Lipinski definition) is 3. The molecule has 0 saturated heterocycles. The molecule has 0 radical (unpaired) electrons. The molecular weight excluding hydrogens is 204 g/mol. The molecular formula is C12H20N2S. The smallest absolute Gasteiger partial charge is 0.0795 e. The van der Waals surface area contributed by atoms with Crippen molar-refractivity contribution in [3.05, 3.63) is 16.6 Å². The van der Waals surface area contributed by atoms with E-state index in [0.29, 0.717) is 6.04 Å². The summed E-state index contributed by atoms with van der Waals surface area (Å²) in [6.45, 7) is 0. The Bertz CT molecular complexity index is 263. The molecule has 1 aliphatic carbocycles. The van der Waals surface area contributed by atoms with Crippen LogP contribution in [0.4, 0.5) is 0 Å². The van der Waals surface area contributed by atoms with Crippen molar-refractivity contribution in [3.8, 4) is 0 Å². The molecule has 2 rings (SSSR count). The van der Waals surface area contributed by atoms with Crippen LogP contribution in [0.15, 0.2) is 10.9 Å². The number of rotatable bonds is 3. The van der Waals surface area contributed by atoms with E-state index >= 15 is 0 Å². The normalized spacial score (nSPS) is 21.1. The first kappa shape index (κ1) is 11.1. The lowest BCUT2D eigenvalue weighted by Crippen LogP contribution is -2.25. The molecule has 15 heavy (non-hydrogen) atoms. The van der Waals surface area contributed by atoms with Gasteiger partial charge in [0.2, 0.25) is 0 Å². The van der Waals surface area contributed by atoms with Gasteiger partial charge in [-0.2, -0.15) is 0 Å². The second-order valence-corrected chi connectivity index (χ2v) is 5.15. The summed E-state index contributed by atoms with van der Waals surface area (Å²) in [5, 5.41) is 5.63. The third-order valence-electron chi connectivity index (χ3n) is 3.45. The zero-order valence-corrected chi connectivity index (χ0v) is 10.2. The number of nitrogens with one attached hydrogen (secondary N) is 1. The van der Waals surface area contributed by atoms with Gasteiger partial charge in [-0.1, -0.05) is 25.7 Å². The average molecular weight is 224 g/mol. The zero-order chi connectivity index (χ0) is 10.5. The summed E-state index contributed by atoms with van der Waals surface area (Å²) in [5.41, 5.74) is 3.19. The fourth-order valence-electron chi connectivity index (χ4n) is 2.64. The van der Waals surface area contributed by atoms with Crippen LogP contribution in [0.3, 0.4) is 0 Å². The lowest BCUT2D eigenvalue weighted by atomic mass is 9.90. The van der Waals surface area contributed by atoms with E-state index in [9.17, 15) is 0 Å². The fraction of sp³-hybridized carbons (Fsp3) is 0.750. The van der Waals surface area contributed by atoms with Crippen molar-refractivity contribution in [1.29, 1.82) is 0 Å². The summed E-state index contributed by atoms with van der Waals surface area (Å²) >= 11 is 1.70. The topological polar surface area (TPSA) is 24.9 Å². The predicted molar refractivity (Wildman–Crippen MR) is 65.1 cm³/mol. The monoisotopic (exact) mass is 224 g/mol. The molecule has 1 atom stereocenters. The van der Waals surface area contributed by atoms with Gasteiger partial charge >= 0.3 is 0 Å². The Balaban J connectivity index is 2.04. The van der Waals surface area contributed by atoms with Crippen molar-refractivity contribution >= 4 is 11.3 Å². The molecule has 0 aliphatic heterocycles. The highest BCUT2D eigenvalue weighted by Crippen LogP contribution is 2.32. The van der Waals surface area contributed by atoms with Gasteiger partial charge in [-0.15, -0.1) is 11.3 Å². The van der Waals surface area contributed by atoms with Gasteiger partial charge in [-0.25, -0.2) is 4.98 Å². The molecule has 1 N–H and O–H groups in total. The third kappa shape index (κ3) is 2.79. The maximum absolute atomic E-state index is 4.45. The van der Waals surface area contributed by atoms with Gasteiger partial charge in [0, 0.05) is 5.38 Å². The van der Waals surface area contributed by atoms with E-state index in [1.165, 1.54) is 44.2 Å². The molecule has 1 aliphatic rings. The van der Waals surface area contributed by atoms with Crippen LogP contribution in [0.1, 0.15) is 50.3 Å². The summed E-state index contributed by atoms with van der Waals surface area (Å²) in [5.74, 6) is 0.791. The van der Waals surface area contributed by atoms with Crippen molar-refractivity contribution in [3.63, 3.8) is 0 Å². The van der Waals surface area contributed by atoms with E-state index in [-0.39, 0.29) is 0 Å². The van der Waals surface area contributed by atoms with Crippen LogP contribution in [0.5, 0.6) is 0 Å². The van der Waals surface area contributed by atoms with Crippen LogP contribution in [0, 0.1) is 5.92 Å². The molecule has 3 heteroatoms. The van der Waals surface area contributed by atoms with E-state index in [2.05, 4.69) is 22.7 Å². The quantitative estimate of drug-likeness (QED) is 0.796. The number of thiazole rings is 1. The minimum Gasteiger partial charge on any atom is -0.311 e. The zero-order valence-electron chi connectivity index (χ0n) is 9.41.